The summed E-state index contributed by atoms with van der Waals surface area (Å²) in [6.07, 6.45) is 0. The van der Waals surface area contributed by atoms with E-state index in [9.17, 15) is 0 Å². The normalized spacial score (nSPS) is 16.5. The minimum atomic E-state index is 0.204. The molecule has 1 heterocycles. The second kappa shape index (κ2) is 5.93. The van der Waals surface area contributed by atoms with Gasteiger partial charge >= 0.3 is 0 Å². The molecule has 106 valence electrons. The third-order valence-corrected chi connectivity index (χ3v) is 3.82. The molecular formula is C16H26N2O. The number of nitrogens with zero attached hydrogens (tertiary/aromatic N) is 1. The Morgan fingerprint density at radius 1 is 1.21 bits per heavy atom. The molecule has 1 aromatic carbocycles. The van der Waals surface area contributed by atoms with Gasteiger partial charge in [-0.15, -0.1) is 0 Å². The van der Waals surface area contributed by atoms with Gasteiger partial charge in [-0.25, -0.2) is 0 Å². The molecule has 2 rings (SSSR count). The van der Waals surface area contributed by atoms with Crippen molar-refractivity contribution >= 4 is 0 Å². The van der Waals surface area contributed by atoms with Crippen LogP contribution < -0.4 is 10.1 Å². The van der Waals surface area contributed by atoms with Crippen LogP contribution in [0.5, 0.6) is 5.75 Å². The van der Waals surface area contributed by atoms with E-state index in [4.69, 9.17) is 4.74 Å². The SMILES string of the molecule is CN(CCOc1ccc(C(C)(C)C)cc1)C1CNC1. The molecule has 0 saturated carbocycles. The molecule has 1 N–H and O–H groups in total. The molecule has 1 aromatic rings. The second-order valence-electron chi connectivity index (χ2n) is 6.42. The average molecular weight is 262 g/mol. The molecule has 0 spiro atoms. The van der Waals surface area contributed by atoms with Crippen molar-refractivity contribution in [1.29, 1.82) is 0 Å². The summed E-state index contributed by atoms with van der Waals surface area (Å²) in [6.45, 7) is 10.6. The lowest BCUT2D eigenvalue weighted by Gasteiger charge is -2.35. The first kappa shape index (κ1) is 14.4. The van der Waals surface area contributed by atoms with E-state index in [0.29, 0.717) is 6.04 Å². The standard InChI is InChI=1S/C16H26N2O/c1-16(2,3)13-5-7-15(8-6-13)19-10-9-18(4)14-11-17-12-14/h5-8,14,17H,9-12H2,1-4H3. The van der Waals surface area contributed by atoms with Crippen molar-refractivity contribution in [2.24, 2.45) is 0 Å². The molecule has 1 aliphatic rings. The molecule has 1 saturated heterocycles. The fraction of sp³-hybridized carbons (Fsp3) is 0.625. The molecule has 0 radical (unpaired) electrons. The van der Waals surface area contributed by atoms with E-state index >= 15 is 0 Å². The van der Waals surface area contributed by atoms with Gasteiger partial charge in [0.15, 0.2) is 0 Å². The van der Waals surface area contributed by atoms with Crippen LogP contribution in [0.1, 0.15) is 26.3 Å². The van der Waals surface area contributed by atoms with Gasteiger partial charge in [-0.2, -0.15) is 0 Å². The zero-order valence-corrected chi connectivity index (χ0v) is 12.6. The van der Waals surface area contributed by atoms with Gasteiger partial charge in [0.1, 0.15) is 12.4 Å². The quantitative estimate of drug-likeness (QED) is 0.881. The lowest BCUT2D eigenvalue weighted by molar-refractivity contribution is 0.151. The van der Waals surface area contributed by atoms with Gasteiger partial charge in [0, 0.05) is 25.7 Å². The Morgan fingerprint density at radius 2 is 1.84 bits per heavy atom. The summed E-state index contributed by atoms with van der Waals surface area (Å²) >= 11 is 0. The predicted molar refractivity (Wildman–Crippen MR) is 79.9 cm³/mol. The Bertz CT molecular complexity index is 390. The van der Waals surface area contributed by atoms with E-state index in [0.717, 1.165) is 32.0 Å². The van der Waals surface area contributed by atoms with Crippen LogP contribution in [0.3, 0.4) is 0 Å². The van der Waals surface area contributed by atoms with Crippen molar-refractivity contribution in [2.75, 3.05) is 33.3 Å². The summed E-state index contributed by atoms with van der Waals surface area (Å²) in [7, 11) is 2.16. The van der Waals surface area contributed by atoms with Crippen LogP contribution in [0.4, 0.5) is 0 Å². The van der Waals surface area contributed by atoms with E-state index in [2.05, 4.69) is 62.3 Å². The molecule has 1 aliphatic heterocycles. The van der Waals surface area contributed by atoms with Crippen molar-refractivity contribution in [2.45, 2.75) is 32.2 Å². The molecule has 0 aromatic heterocycles. The summed E-state index contributed by atoms with van der Waals surface area (Å²) in [4.78, 5) is 2.36. The number of likely N-dealkylation sites (N-methyl/N-ethyl adjacent to an activating group) is 1. The van der Waals surface area contributed by atoms with Crippen LogP contribution in [0.2, 0.25) is 0 Å². The molecule has 0 atom stereocenters. The van der Waals surface area contributed by atoms with Gasteiger partial charge in [0.2, 0.25) is 0 Å². The van der Waals surface area contributed by atoms with E-state index in [-0.39, 0.29) is 5.41 Å². The van der Waals surface area contributed by atoms with Crippen LogP contribution in [0.25, 0.3) is 0 Å². The number of hydrogen-bond acceptors (Lipinski definition) is 3. The summed E-state index contributed by atoms with van der Waals surface area (Å²) in [5.74, 6) is 0.966. The highest BCUT2D eigenvalue weighted by molar-refractivity contribution is 5.31. The molecule has 0 amide bonds. The Hall–Kier alpha value is -1.06. The predicted octanol–water partition coefficient (Wildman–Crippen LogP) is 2.27. The lowest BCUT2D eigenvalue weighted by Crippen LogP contribution is -2.56. The summed E-state index contributed by atoms with van der Waals surface area (Å²) < 4.78 is 5.80. The summed E-state index contributed by atoms with van der Waals surface area (Å²) in [6, 6.07) is 9.16. The van der Waals surface area contributed by atoms with Gasteiger partial charge in [-0.3, -0.25) is 4.90 Å². The van der Waals surface area contributed by atoms with E-state index in [1.54, 1.807) is 0 Å². The summed E-state index contributed by atoms with van der Waals surface area (Å²) in [5, 5.41) is 3.29. The van der Waals surface area contributed by atoms with Crippen molar-refractivity contribution in [3.63, 3.8) is 0 Å². The molecule has 3 heteroatoms. The number of benzene rings is 1. The highest BCUT2D eigenvalue weighted by Gasteiger charge is 2.20. The highest BCUT2D eigenvalue weighted by atomic mass is 16.5. The first-order chi connectivity index (χ1) is 8.97. The van der Waals surface area contributed by atoms with Crippen molar-refractivity contribution < 1.29 is 4.74 Å². The third kappa shape index (κ3) is 3.95. The number of ether oxygens (including phenoxy) is 1. The first-order valence-electron chi connectivity index (χ1n) is 7.11. The van der Waals surface area contributed by atoms with Crippen LogP contribution >= 0.6 is 0 Å². The molecule has 0 bridgehead atoms. The second-order valence-corrected chi connectivity index (χ2v) is 6.42. The maximum atomic E-state index is 5.80. The van der Waals surface area contributed by atoms with Crippen LogP contribution in [0.15, 0.2) is 24.3 Å². The minimum Gasteiger partial charge on any atom is -0.492 e. The molecule has 0 unspecified atom stereocenters. The van der Waals surface area contributed by atoms with Gasteiger partial charge < -0.3 is 10.1 Å². The third-order valence-electron chi connectivity index (χ3n) is 3.82. The Balaban J connectivity index is 1.76. The summed E-state index contributed by atoms with van der Waals surface area (Å²) in [5.41, 5.74) is 1.55. The fourth-order valence-electron chi connectivity index (χ4n) is 2.13. The number of hydrogen-bond donors (Lipinski definition) is 1. The molecule has 0 aliphatic carbocycles. The highest BCUT2D eigenvalue weighted by Crippen LogP contribution is 2.24. The Labute approximate surface area is 116 Å². The van der Waals surface area contributed by atoms with Crippen molar-refractivity contribution in [3.8, 4) is 5.75 Å². The van der Waals surface area contributed by atoms with Crippen LogP contribution in [-0.4, -0.2) is 44.2 Å². The molecular weight excluding hydrogens is 236 g/mol. The zero-order chi connectivity index (χ0) is 13.9. The monoisotopic (exact) mass is 262 g/mol. The van der Waals surface area contributed by atoms with Gasteiger partial charge in [-0.05, 0) is 30.2 Å². The van der Waals surface area contributed by atoms with Crippen molar-refractivity contribution in [3.05, 3.63) is 29.8 Å². The van der Waals surface area contributed by atoms with E-state index in [1.807, 2.05) is 0 Å². The lowest BCUT2D eigenvalue weighted by atomic mass is 9.87. The topological polar surface area (TPSA) is 24.5 Å². The molecule has 3 nitrogen and oxygen atoms in total. The fourth-order valence-corrected chi connectivity index (χ4v) is 2.13. The largest absolute Gasteiger partial charge is 0.492 e. The maximum absolute atomic E-state index is 5.80. The number of rotatable bonds is 5. The van der Waals surface area contributed by atoms with Crippen LogP contribution in [-0.2, 0) is 5.41 Å². The van der Waals surface area contributed by atoms with E-state index in [1.165, 1.54) is 5.56 Å². The molecule has 19 heavy (non-hydrogen) atoms. The van der Waals surface area contributed by atoms with Gasteiger partial charge in [0.25, 0.3) is 0 Å². The van der Waals surface area contributed by atoms with Crippen LogP contribution in [0, 0.1) is 0 Å². The minimum absolute atomic E-state index is 0.204. The smallest absolute Gasteiger partial charge is 0.119 e. The zero-order valence-electron chi connectivity index (χ0n) is 12.6. The first-order valence-corrected chi connectivity index (χ1v) is 7.11. The maximum Gasteiger partial charge on any atom is 0.119 e. The Morgan fingerprint density at radius 3 is 2.32 bits per heavy atom. The average Bonchev–Trinajstić information content (AvgIpc) is 2.26. The number of nitrogens with one attached hydrogen (secondary N) is 1. The van der Waals surface area contributed by atoms with Gasteiger partial charge in [0.05, 0.1) is 0 Å². The van der Waals surface area contributed by atoms with Crippen molar-refractivity contribution in [1.82, 2.24) is 10.2 Å². The van der Waals surface area contributed by atoms with E-state index < -0.39 is 0 Å². The Kier molecular flexibility index (Phi) is 4.48. The molecule has 1 fully saturated rings. The van der Waals surface area contributed by atoms with Gasteiger partial charge in [-0.1, -0.05) is 32.9 Å².